The number of anilines is 1. The molecular formula is C20H26N4O3. The predicted octanol–water partition coefficient (Wildman–Crippen LogP) is 2.22. The molecule has 27 heavy (non-hydrogen) atoms. The highest BCUT2D eigenvalue weighted by atomic mass is 16.5. The van der Waals surface area contributed by atoms with Crippen LogP contribution in [0, 0.1) is 13.8 Å². The SMILES string of the molecule is Cc1[nH]nc(CCC(=O)N2CCOC[C@@H]2CC(=O)Nc2ccccc2)c1C. The zero-order chi connectivity index (χ0) is 19.2. The fourth-order valence-electron chi connectivity index (χ4n) is 3.25. The number of aryl methyl sites for hydroxylation is 2. The summed E-state index contributed by atoms with van der Waals surface area (Å²) >= 11 is 0. The van der Waals surface area contributed by atoms with Gasteiger partial charge in [-0.2, -0.15) is 5.10 Å². The molecular weight excluding hydrogens is 344 g/mol. The van der Waals surface area contributed by atoms with Crippen LogP contribution in [0.3, 0.4) is 0 Å². The van der Waals surface area contributed by atoms with Crippen molar-refractivity contribution in [3.63, 3.8) is 0 Å². The van der Waals surface area contributed by atoms with Gasteiger partial charge in [0.2, 0.25) is 11.8 Å². The van der Waals surface area contributed by atoms with Crippen LogP contribution >= 0.6 is 0 Å². The first kappa shape index (κ1) is 19.1. The minimum Gasteiger partial charge on any atom is -0.377 e. The molecule has 0 aliphatic carbocycles. The second kappa shape index (κ2) is 8.81. The molecule has 2 aromatic rings. The van der Waals surface area contributed by atoms with Gasteiger partial charge in [-0.05, 0) is 31.5 Å². The molecule has 2 heterocycles. The molecule has 1 aromatic carbocycles. The predicted molar refractivity (Wildman–Crippen MR) is 102 cm³/mol. The van der Waals surface area contributed by atoms with Crippen LogP contribution in [0.5, 0.6) is 0 Å². The van der Waals surface area contributed by atoms with E-state index in [9.17, 15) is 9.59 Å². The van der Waals surface area contributed by atoms with Crippen LogP contribution < -0.4 is 5.32 Å². The van der Waals surface area contributed by atoms with Gasteiger partial charge in [0, 0.05) is 37.2 Å². The van der Waals surface area contributed by atoms with E-state index in [2.05, 4.69) is 15.5 Å². The first-order valence-corrected chi connectivity index (χ1v) is 9.27. The van der Waals surface area contributed by atoms with Gasteiger partial charge in [-0.1, -0.05) is 18.2 Å². The number of carbonyl (C=O) groups excluding carboxylic acids is 2. The van der Waals surface area contributed by atoms with Crippen molar-refractivity contribution in [3.8, 4) is 0 Å². The molecule has 1 aliphatic rings. The Balaban J connectivity index is 1.56. The number of benzene rings is 1. The quantitative estimate of drug-likeness (QED) is 0.816. The Bertz CT molecular complexity index is 788. The number of carbonyl (C=O) groups is 2. The van der Waals surface area contributed by atoms with Crippen molar-refractivity contribution < 1.29 is 14.3 Å². The number of H-pyrrole nitrogens is 1. The van der Waals surface area contributed by atoms with Crippen LogP contribution in [0.2, 0.25) is 0 Å². The van der Waals surface area contributed by atoms with Crippen molar-refractivity contribution in [2.45, 2.75) is 39.2 Å². The largest absolute Gasteiger partial charge is 0.377 e. The Morgan fingerprint density at radius 1 is 1.30 bits per heavy atom. The molecule has 7 heteroatoms. The Hall–Kier alpha value is -2.67. The summed E-state index contributed by atoms with van der Waals surface area (Å²) < 4.78 is 5.51. The molecule has 7 nitrogen and oxygen atoms in total. The first-order chi connectivity index (χ1) is 13.0. The summed E-state index contributed by atoms with van der Waals surface area (Å²) in [6.45, 7) is 5.37. The van der Waals surface area contributed by atoms with Gasteiger partial charge < -0.3 is 15.0 Å². The molecule has 2 N–H and O–H groups in total. The number of morpholine rings is 1. The average molecular weight is 370 g/mol. The second-order valence-electron chi connectivity index (χ2n) is 6.85. The summed E-state index contributed by atoms with van der Waals surface area (Å²) in [6.07, 6.45) is 1.19. The lowest BCUT2D eigenvalue weighted by Crippen LogP contribution is -2.50. The third-order valence-corrected chi connectivity index (χ3v) is 4.96. The maximum absolute atomic E-state index is 12.7. The number of amides is 2. The number of aromatic nitrogens is 2. The Morgan fingerprint density at radius 2 is 2.07 bits per heavy atom. The molecule has 3 rings (SSSR count). The average Bonchev–Trinajstić information content (AvgIpc) is 2.99. The number of hydrogen-bond acceptors (Lipinski definition) is 4. The molecule has 1 saturated heterocycles. The smallest absolute Gasteiger partial charge is 0.226 e. The van der Waals surface area contributed by atoms with E-state index in [4.69, 9.17) is 4.74 Å². The summed E-state index contributed by atoms with van der Waals surface area (Å²) in [6, 6.07) is 9.07. The van der Waals surface area contributed by atoms with Gasteiger partial charge in [-0.25, -0.2) is 0 Å². The highest BCUT2D eigenvalue weighted by molar-refractivity contribution is 5.91. The number of rotatable bonds is 6. The lowest BCUT2D eigenvalue weighted by atomic mass is 10.1. The van der Waals surface area contributed by atoms with Gasteiger partial charge in [-0.3, -0.25) is 14.7 Å². The summed E-state index contributed by atoms with van der Waals surface area (Å²) in [5.74, 6) is -0.0795. The fraction of sp³-hybridized carbons (Fsp3) is 0.450. The molecule has 0 bridgehead atoms. The van der Waals surface area contributed by atoms with E-state index < -0.39 is 0 Å². The number of para-hydroxylation sites is 1. The zero-order valence-electron chi connectivity index (χ0n) is 15.8. The summed E-state index contributed by atoms with van der Waals surface area (Å²) in [7, 11) is 0. The van der Waals surface area contributed by atoms with Crippen molar-refractivity contribution in [2.24, 2.45) is 0 Å². The van der Waals surface area contributed by atoms with E-state index in [0.29, 0.717) is 32.6 Å². The summed E-state index contributed by atoms with van der Waals surface area (Å²) in [5, 5.41) is 10.1. The fourth-order valence-corrected chi connectivity index (χ4v) is 3.25. The lowest BCUT2D eigenvalue weighted by Gasteiger charge is -2.35. The van der Waals surface area contributed by atoms with Crippen LogP contribution in [0.15, 0.2) is 30.3 Å². The van der Waals surface area contributed by atoms with Gasteiger partial charge >= 0.3 is 0 Å². The highest BCUT2D eigenvalue weighted by Crippen LogP contribution is 2.16. The van der Waals surface area contributed by atoms with Gasteiger partial charge in [-0.15, -0.1) is 0 Å². The van der Waals surface area contributed by atoms with Gasteiger partial charge in [0.25, 0.3) is 0 Å². The van der Waals surface area contributed by atoms with Gasteiger partial charge in [0.1, 0.15) is 0 Å². The van der Waals surface area contributed by atoms with Gasteiger partial charge in [0.15, 0.2) is 0 Å². The van der Waals surface area contributed by atoms with Crippen molar-refractivity contribution >= 4 is 17.5 Å². The molecule has 1 atom stereocenters. The van der Waals surface area contributed by atoms with Crippen LogP contribution in [0.1, 0.15) is 29.8 Å². The van der Waals surface area contributed by atoms with E-state index in [1.807, 2.05) is 44.2 Å². The Morgan fingerprint density at radius 3 is 2.78 bits per heavy atom. The molecule has 1 aliphatic heterocycles. The molecule has 144 valence electrons. The van der Waals surface area contributed by atoms with E-state index in [-0.39, 0.29) is 24.3 Å². The van der Waals surface area contributed by atoms with E-state index in [0.717, 1.165) is 22.6 Å². The molecule has 1 fully saturated rings. The minimum absolute atomic E-state index is 0.0378. The molecule has 2 amide bonds. The number of hydrogen-bond donors (Lipinski definition) is 2. The van der Waals surface area contributed by atoms with Crippen LogP contribution in [0.25, 0.3) is 0 Å². The number of ether oxygens (including phenoxy) is 1. The first-order valence-electron chi connectivity index (χ1n) is 9.27. The van der Waals surface area contributed by atoms with Gasteiger partial charge in [0.05, 0.1) is 24.9 Å². The van der Waals surface area contributed by atoms with Crippen molar-refractivity contribution in [2.75, 3.05) is 25.1 Å². The molecule has 0 saturated carbocycles. The van der Waals surface area contributed by atoms with Crippen molar-refractivity contribution in [1.29, 1.82) is 0 Å². The summed E-state index contributed by atoms with van der Waals surface area (Å²) in [5.41, 5.74) is 3.80. The molecule has 0 unspecified atom stereocenters. The topological polar surface area (TPSA) is 87.3 Å². The highest BCUT2D eigenvalue weighted by Gasteiger charge is 2.29. The zero-order valence-corrected chi connectivity index (χ0v) is 15.8. The lowest BCUT2D eigenvalue weighted by molar-refractivity contribution is -0.141. The number of nitrogens with zero attached hydrogens (tertiary/aromatic N) is 2. The Kier molecular flexibility index (Phi) is 6.24. The van der Waals surface area contributed by atoms with E-state index >= 15 is 0 Å². The Labute approximate surface area is 159 Å². The molecule has 1 aromatic heterocycles. The van der Waals surface area contributed by atoms with Crippen molar-refractivity contribution in [1.82, 2.24) is 15.1 Å². The van der Waals surface area contributed by atoms with E-state index in [1.54, 1.807) is 4.90 Å². The maximum Gasteiger partial charge on any atom is 0.226 e. The normalized spacial score (nSPS) is 17.0. The number of aromatic amines is 1. The second-order valence-corrected chi connectivity index (χ2v) is 6.85. The summed E-state index contributed by atoms with van der Waals surface area (Å²) in [4.78, 5) is 26.9. The maximum atomic E-state index is 12.7. The van der Waals surface area contributed by atoms with Crippen LogP contribution in [-0.4, -0.2) is 52.7 Å². The molecule has 0 radical (unpaired) electrons. The monoisotopic (exact) mass is 370 g/mol. The minimum atomic E-state index is -0.239. The third-order valence-electron chi connectivity index (χ3n) is 4.96. The standard InChI is InChI=1S/C20H26N4O3/c1-14-15(2)22-23-18(14)8-9-20(26)24-10-11-27-13-17(24)12-19(25)21-16-6-4-3-5-7-16/h3-7,17H,8-13H2,1-2H3,(H,21,25)(H,22,23)/t17-/m0/s1. The van der Waals surface area contributed by atoms with Crippen LogP contribution in [-0.2, 0) is 20.7 Å². The van der Waals surface area contributed by atoms with Crippen molar-refractivity contribution in [3.05, 3.63) is 47.3 Å². The van der Waals surface area contributed by atoms with E-state index in [1.165, 1.54) is 0 Å². The third kappa shape index (κ3) is 4.95. The number of nitrogens with one attached hydrogen (secondary N) is 2. The van der Waals surface area contributed by atoms with Crippen LogP contribution in [0.4, 0.5) is 5.69 Å². The molecule has 0 spiro atoms.